The first-order chi connectivity index (χ1) is 14.3. The molecule has 0 aliphatic carbocycles. The van der Waals surface area contributed by atoms with Gasteiger partial charge in [-0.2, -0.15) is 13.4 Å². The first-order valence-electron chi connectivity index (χ1n) is 8.77. The molecule has 30 heavy (non-hydrogen) atoms. The molecule has 0 unspecified atom stereocenters. The van der Waals surface area contributed by atoms with Gasteiger partial charge in [0.15, 0.2) is 17.3 Å². The molecule has 0 aliphatic heterocycles. The smallest absolute Gasteiger partial charge is 0.337 e. The molecule has 0 bridgehead atoms. The van der Waals surface area contributed by atoms with E-state index < -0.39 is 10.0 Å². The van der Waals surface area contributed by atoms with Gasteiger partial charge in [-0.1, -0.05) is 21.0 Å². The summed E-state index contributed by atoms with van der Waals surface area (Å²) in [4.78, 5) is 4.32. The molecule has 2 aromatic carbocycles. The van der Waals surface area contributed by atoms with Crippen molar-refractivity contribution < 1.29 is 27.4 Å². The maximum atomic E-state index is 13.3. The lowest BCUT2D eigenvalue weighted by molar-refractivity contribution is 0.313. The maximum Gasteiger partial charge on any atom is 0.337 e. The van der Waals surface area contributed by atoms with Crippen molar-refractivity contribution in [3.8, 4) is 34.6 Å². The molecule has 160 valence electrons. The molecule has 0 radical (unpaired) electrons. The van der Waals surface area contributed by atoms with Crippen molar-refractivity contribution in [1.82, 2.24) is 14.2 Å². The second-order valence-electron chi connectivity index (χ2n) is 5.87. The first-order valence-corrected chi connectivity index (χ1v) is 11.0. The lowest BCUT2D eigenvalue weighted by Gasteiger charge is -2.14. The molecule has 0 spiro atoms. The van der Waals surface area contributed by atoms with Crippen LogP contribution < -0.4 is 18.9 Å². The van der Waals surface area contributed by atoms with Gasteiger partial charge in [-0.05, 0) is 43.3 Å². The standard InChI is InChI=1S/C19H20BrN3O6S/c1-5-29-19-21-18(12-10-15(26-2)17(28-4)16(11-12)27-3)23(22-19)30(24,25)14-8-6-13(20)7-9-14/h6-11H,5H2,1-4H3. The number of hydrogen-bond acceptors (Lipinski definition) is 8. The quantitative estimate of drug-likeness (QED) is 0.466. The second-order valence-corrected chi connectivity index (χ2v) is 8.55. The van der Waals surface area contributed by atoms with Crippen molar-refractivity contribution in [2.75, 3.05) is 27.9 Å². The predicted octanol–water partition coefficient (Wildman–Crippen LogP) is 3.37. The van der Waals surface area contributed by atoms with E-state index >= 15 is 0 Å². The zero-order chi connectivity index (χ0) is 21.9. The number of hydrogen-bond donors (Lipinski definition) is 0. The monoisotopic (exact) mass is 497 g/mol. The molecule has 1 aromatic heterocycles. The summed E-state index contributed by atoms with van der Waals surface area (Å²) >= 11 is 3.30. The minimum Gasteiger partial charge on any atom is -0.493 e. The Kier molecular flexibility index (Phi) is 6.52. The van der Waals surface area contributed by atoms with Crippen molar-refractivity contribution in [1.29, 1.82) is 0 Å². The molecule has 0 aliphatic rings. The molecule has 3 aromatic rings. The summed E-state index contributed by atoms with van der Waals surface area (Å²) in [5.74, 6) is 1.11. The van der Waals surface area contributed by atoms with Gasteiger partial charge in [0, 0.05) is 10.0 Å². The lowest BCUT2D eigenvalue weighted by Crippen LogP contribution is -2.16. The molecule has 0 saturated heterocycles. The van der Waals surface area contributed by atoms with E-state index in [9.17, 15) is 8.42 Å². The Morgan fingerprint density at radius 1 is 1.00 bits per heavy atom. The van der Waals surface area contributed by atoms with Gasteiger partial charge in [0.1, 0.15) is 0 Å². The maximum absolute atomic E-state index is 13.3. The largest absolute Gasteiger partial charge is 0.493 e. The first kappa shape index (κ1) is 21.9. The average Bonchev–Trinajstić information content (AvgIpc) is 3.18. The fraction of sp³-hybridized carbons (Fsp3) is 0.263. The van der Waals surface area contributed by atoms with Gasteiger partial charge < -0.3 is 18.9 Å². The Labute approximate surface area is 182 Å². The van der Waals surface area contributed by atoms with Gasteiger partial charge in [0.25, 0.3) is 10.0 Å². The molecule has 0 fully saturated rings. The number of methoxy groups -OCH3 is 3. The van der Waals surface area contributed by atoms with Crippen molar-refractivity contribution in [3.05, 3.63) is 40.9 Å². The van der Waals surface area contributed by atoms with Crippen LogP contribution in [-0.4, -0.2) is 50.5 Å². The highest BCUT2D eigenvalue weighted by atomic mass is 79.9. The topological polar surface area (TPSA) is 102 Å². The zero-order valence-corrected chi connectivity index (χ0v) is 19.2. The minimum atomic E-state index is -4.06. The number of rotatable bonds is 8. The normalized spacial score (nSPS) is 11.2. The summed E-state index contributed by atoms with van der Waals surface area (Å²) in [5.41, 5.74) is 0.392. The molecule has 0 atom stereocenters. The van der Waals surface area contributed by atoms with Gasteiger partial charge in [-0.3, -0.25) is 0 Å². The molecule has 0 N–H and O–H groups in total. The third-order valence-electron chi connectivity index (χ3n) is 4.09. The van der Waals surface area contributed by atoms with E-state index in [2.05, 4.69) is 26.0 Å². The predicted molar refractivity (Wildman–Crippen MR) is 113 cm³/mol. The van der Waals surface area contributed by atoms with E-state index in [-0.39, 0.29) is 23.3 Å². The molecular weight excluding hydrogens is 478 g/mol. The third-order valence-corrected chi connectivity index (χ3v) is 6.20. The summed E-state index contributed by atoms with van der Waals surface area (Å²) in [7, 11) is 0.359. The van der Waals surface area contributed by atoms with Gasteiger partial charge in [-0.25, -0.2) is 0 Å². The fourth-order valence-corrected chi connectivity index (χ4v) is 4.23. The molecule has 0 amide bonds. The van der Waals surface area contributed by atoms with Crippen LogP contribution in [0.5, 0.6) is 23.3 Å². The van der Waals surface area contributed by atoms with E-state index in [1.165, 1.54) is 33.5 Å². The van der Waals surface area contributed by atoms with E-state index in [0.29, 0.717) is 22.8 Å². The average molecular weight is 498 g/mol. The molecule has 9 nitrogen and oxygen atoms in total. The Balaban J connectivity index is 2.25. The highest BCUT2D eigenvalue weighted by Gasteiger charge is 2.27. The Bertz CT molecular complexity index is 1120. The number of benzene rings is 2. The van der Waals surface area contributed by atoms with Crippen LogP contribution in [0.25, 0.3) is 11.4 Å². The zero-order valence-electron chi connectivity index (χ0n) is 16.7. The Hall–Kier alpha value is -2.79. The van der Waals surface area contributed by atoms with Crippen molar-refractivity contribution in [2.45, 2.75) is 11.8 Å². The molecule has 0 saturated carbocycles. The van der Waals surface area contributed by atoms with Crippen molar-refractivity contribution in [2.24, 2.45) is 0 Å². The van der Waals surface area contributed by atoms with Crippen LogP contribution >= 0.6 is 15.9 Å². The highest BCUT2D eigenvalue weighted by molar-refractivity contribution is 9.10. The number of ether oxygens (including phenoxy) is 4. The van der Waals surface area contributed by atoms with Crippen molar-refractivity contribution in [3.63, 3.8) is 0 Å². The lowest BCUT2D eigenvalue weighted by atomic mass is 10.1. The summed E-state index contributed by atoms with van der Waals surface area (Å²) in [5, 5.41) is 4.07. The fourth-order valence-electron chi connectivity index (χ4n) is 2.73. The Morgan fingerprint density at radius 3 is 2.10 bits per heavy atom. The SMILES string of the molecule is CCOc1nc(-c2cc(OC)c(OC)c(OC)c2)n(S(=O)(=O)c2ccc(Br)cc2)n1. The molecular formula is C19H20BrN3O6S. The molecule has 1 heterocycles. The van der Waals surface area contributed by atoms with E-state index in [1.807, 2.05) is 0 Å². The van der Waals surface area contributed by atoms with Crippen LogP contribution in [0, 0.1) is 0 Å². The van der Waals surface area contributed by atoms with Crippen LogP contribution in [0.2, 0.25) is 0 Å². The van der Waals surface area contributed by atoms with E-state index in [0.717, 1.165) is 8.56 Å². The van der Waals surface area contributed by atoms with Gasteiger partial charge >= 0.3 is 6.01 Å². The second kappa shape index (κ2) is 8.92. The van der Waals surface area contributed by atoms with Crippen LogP contribution in [-0.2, 0) is 10.0 Å². The van der Waals surface area contributed by atoms with Crippen LogP contribution in [0.1, 0.15) is 6.92 Å². The summed E-state index contributed by atoms with van der Waals surface area (Å²) < 4.78 is 49.6. The van der Waals surface area contributed by atoms with Crippen LogP contribution in [0.15, 0.2) is 45.8 Å². The third kappa shape index (κ3) is 4.08. The highest BCUT2D eigenvalue weighted by Crippen LogP contribution is 2.41. The molecule has 3 rings (SSSR count). The van der Waals surface area contributed by atoms with Gasteiger partial charge in [0.05, 0.1) is 32.8 Å². The van der Waals surface area contributed by atoms with Crippen LogP contribution in [0.4, 0.5) is 0 Å². The van der Waals surface area contributed by atoms with Gasteiger partial charge in [-0.15, -0.1) is 4.09 Å². The molecule has 11 heteroatoms. The van der Waals surface area contributed by atoms with Crippen LogP contribution in [0.3, 0.4) is 0 Å². The summed E-state index contributed by atoms with van der Waals surface area (Å²) in [6.07, 6.45) is 0. The van der Waals surface area contributed by atoms with Crippen molar-refractivity contribution >= 4 is 26.0 Å². The number of nitrogens with zero attached hydrogens (tertiary/aromatic N) is 3. The minimum absolute atomic E-state index is 0.0422. The number of aromatic nitrogens is 3. The van der Waals surface area contributed by atoms with Gasteiger partial charge in [0.2, 0.25) is 5.75 Å². The number of halogens is 1. The Morgan fingerprint density at radius 2 is 1.60 bits per heavy atom. The summed E-state index contributed by atoms with van der Waals surface area (Å²) in [6.45, 7) is 2.03. The van der Waals surface area contributed by atoms with E-state index in [4.69, 9.17) is 18.9 Å². The van der Waals surface area contributed by atoms with E-state index in [1.54, 1.807) is 31.2 Å². The summed E-state index contributed by atoms with van der Waals surface area (Å²) in [6, 6.07) is 9.32.